The summed E-state index contributed by atoms with van der Waals surface area (Å²) in [6, 6.07) is 5.66. The second kappa shape index (κ2) is 5.08. The van der Waals surface area contributed by atoms with Crippen molar-refractivity contribution in [2.75, 3.05) is 19.7 Å². The molecule has 1 heterocycles. The highest BCUT2D eigenvalue weighted by Crippen LogP contribution is 2.18. The van der Waals surface area contributed by atoms with Gasteiger partial charge in [0.2, 0.25) is 0 Å². The molecule has 0 aromatic heterocycles. The van der Waals surface area contributed by atoms with E-state index < -0.39 is 0 Å². The Labute approximate surface area is 103 Å². The molecule has 1 fully saturated rings. The van der Waals surface area contributed by atoms with Gasteiger partial charge in [0.05, 0.1) is 13.2 Å². The van der Waals surface area contributed by atoms with Crippen LogP contribution < -0.4 is 5.32 Å². The van der Waals surface area contributed by atoms with Gasteiger partial charge in [0, 0.05) is 10.0 Å². The molecule has 0 unspecified atom stereocenters. The molecular formula is C12H15BrNO2+. The third-order valence-electron chi connectivity index (χ3n) is 2.76. The number of rotatable bonds is 2. The number of carbonyl (C=O) groups is 1. The van der Waals surface area contributed by atoms with Crippen LogP contribution in [0.2, 0.25) is 0 Å². The van der Waals surface area contributed by atoms with E-state index in [4.69, 9.17) is 4.74 Å². The van der Waals surface area contributed by atoms with E-state index in [1.54, 1.807) is 0 Å². The highest BCUT2D eigenvalue weighted by Gasteiger charge is 2.25. The lowest BCUT2D eigenvalue weighted by Gasteiger charge is -2.20. The fourth-order valence-electron chi connectivity index (χ4n) is 1.80. The van der Waals surface area contributed by atoms with Gasteiger partial charge >= 0.3 is 0 Å². The molecule has 0 amide bonds. The monoisotopic (exact) mass is 284 g/mol. The molecule has 86 valence electrons. The van der Waals surface area contributed by atoms with Crippen LogP contribution in [-0.2, 0) is 4.74 Å². The number of hydrogen-bond donors (Lipinski definition) is 1. The van der Waals surface area contributed by atoms with E-state index in [1.807, 2.05) is 25.1 Å². The van der Waals surface area contributed by atoms with Gasteiger partial charge in [0.1, 0.15) is 6.54 Å². The topological polar surface area (TPSA) is 42.9 Å². The molecule has 1 atom stereocenters. The van der Waals surface area contributed by atoms with Crippen LogP contribution in [-0.4, -0.2) is 31.6 Å². The second-order valence-electron chi connectivity index (χ2n) is 4.00. The van der Waals surface area contributed by atoms with Gasteiger partial charge in [-0.05, 0) is 24.6 Å². The number of nitrogens with two attached hydrogens (primary N) is 1. The average Bonchev–Trinajstić information content (AvgIpc) is 2.33. The lowest BCUT2D eigenvalue weighted by molar-refractivity contribution is -0.674. The van der Waals surface area contributed by atoms with E-state index in [9.17, 15) is 4.79 Å². The first kappa shape index (κ1) is 11.8. The normalized spacial score (nSPS) is 20.8. The number of ketones is 1. The molecule has 1 aromatic rings. The Morgan fingerprint density at radius 2 is 2.38 bits per heavy atom. The first-order valence-corrected chi connectivity index (χ1v) is 6.21. The number of morpholine rings is 1. The number of benzene rings is 1. The smallest absolute Gasteiger partial charge is 0.197 e. The van der Waals surface area contributed by atoms with Crippen molar-refractivity contribution in [3.05, 3.63) is 33.8 Å². The maximum atomic E-state index is 12.1. The van der Waals surface area contributed by atoms with Crippen molar-refractivity contribution in [2.24, 2.45) is 0 Å². The molecule has 1 aliphatic heterocycles. The number of aryl methyl sites for hydroxylation is 1. The minimum atomic E-state index is -0.283. The van der Waals surface area contributed by atoms with Crippen molar-refractivity contribution in [2.45, 2.75) is 13.0 Å². The number of hydrogen-bond acceptors (Lipinski definition) is 2. The summed E-state index contributed by atoms with van der Waals surface area (Å²) in [7, 11) is 0. The fraction of sp³-hybridized carbons (Fsp3) is 0.417. The van der Waals surface area contributed by atoms with Gasteiger partial charge in [0.25, 0.3) is 0 Å². The number of Topliss-reactive ketones (excluding diaryl/α,β-unsaturated/α-hetero) is 1. The molecule has 0 saturated carbocycles. The summed E-state index contributed by atoms with van der Waals surface area (Å²) >= 11 is 3.43. The highest BCUT2D eigenvalue weighted by molar-refractivity contribution is 9.10. The number of halogens is 1. The molecule has 4 heteroatoms. The third kappa shape index (κ3) is 2.51. The molecule has 0 spiro atoms. The van der Waals surface area contributed by atoms with Crippen LogP contribution in [0.15, 0.2) is 22.7 Å². The molecular weight excluding hydrogens is 270 g/mol. The predicted molar refractivity (Wildman–Crippen MR) is 64.6 cm³/mol. The zero-order valence-corrected chi connectivity index (χ0v) is 10.8. The van der Waals surface area contributed by atoms with Crippen LogP contribution in [0.25, 0.3) is 0 Å². The largest absolute Gasteiger partial charge is 0.358 e. The Morgan fingerprint density at radius 3 is 3.00 bits per heavy atom. The van der Waals surface area contributed by atoms with Crippen molar-refractivity contribution >= 4 is 21.7 Å². The molecule has 16 heavy (non-hydrogen) atoms. The first-order valence-electron chi connectivity index (χ1n) is 5.42. The van der Waals surface area contributed by atoms with E-state index in [0.29, 0.717) is 6.61 Å². The molecule has 0 bridgehead atoms. The minimum Gasteiger partial charge on any atom is -0.358 e. The van der Waals surface area contributed by atoms with Gasteiger partial charge in [-0.1, -0.05) is 22.0 Å². The molecule has 1 aliphatic rings. The molecule has 0 radical (unpaired) electrons. The van der Waals surface area contributed by atoms with Crippen molar-refractivity contribution in [1.29, 1.82) is 0 Å². The minimum absolute atomic E-state index is 0.0894. The van der Waals surface area contributed by atoms with Gasteiger partial charge in [-0.2, -0.15) is 0 Å². The van der Waals surface area contributed by atoms with Crippen molar-refractivity contribution in [1.82, 2.24) is 0 Å². The van der Waals surface area contributed by atoms with Crippen LogP contribution in [0.3, 0.4) is 0 Å². The lowest BCUT2D eigenvalue weighted by atomic mass is 10.0. The zero-order chi connectivity index (χ0) is 11.5. The Bertz CT molecular complexity index is 400. The maximum Gasteiger partial charge on any atom is 0.197 e. The average molecular weight is 285 g/mol. The van der Waals surface area contributed by atoms with Crippen LogP contribution >= 0.6 is 15.9 Å². The van der Waals surface area contributed by atoms with E-state index in [2.05, 4.69) is 21.2 Å². The van der Waals surface area contributed by atoms with Crippen molar-refractivity contribution in [3.8, 4) is 0 Å². The summed E-state index contributed by atoms with van der Waals surface area (Å²) in [6.45, 7) is 4.32. The summed E-state index contributed by atoms with van der Waals surface area (Å²) in [6.07, 6.45) is -0.283. The maximum absolute atomic E-state index is 12.1. The van der Waals surface area contributed by atoms with Crippen molar-refractivity contribution in [3.63, 3.8) is 0 Å². The third-order valence-corrected chi connectivity index (χ3v) is 3.65. The SMILES string of the molecule is Cc1cc(C(=O)[C@H]2C[NH2+]CCO2)ccc1Br. The Balaban J connectivity index is 2.16. The number of carbonyl (C=O) groups excluding carboxylic acids is 1. The van der Waals surface area contributed by atoms with Crippen LogP contribution in [0.4, 0.5) is 0 Å². The van der Waals surface area contributed by atoms with Gasteiger partial charge in [-0.3, -0.25) is 4.79 Å². The molecule has 3 nitrogen and oxygen atoms in total. The molecule has 1 saturated heterocycles. The van der Waals surface area contributed by atoms with Gasteiger partial charge in [-0.25, -0.2) is 0 Å². The van der Waals surface area contributed by atoms with Crippen LogP contribution in [0.5, 0.6) is 0 Å². The zero-order valence-electron chi connectivity index (χ0n) is 9.20. The van der Waals surface area contributed by atoms with Crippen LogP contribution in [0.1, 0.15) is 15.9 Å². The van der Waals surface area contributed by atoms with Crippen molar-refractivity contribution < 1.29 is 14.8 Å². The summed E-state index contributed by atoms with van der Waals surface area (Å²) < 4.78 is 6.50. The number of quaternary nitrogens is 1. The number of ether oxygens (including phenoxy) is 1. The summed E-state index contributed by atoms with van der Waals surface area (Å²) in [5.74, 6) is 0.0894. The molecule has 1 aromatic carbocycles. The standard InChI is InChI=1S/C12H14BrNO2/c1-8-6-9(2-3-10(8)13)12(15)11-7-14-4-5-16-11/h2-3,6,11,14H,4-5,7H2,1H3/p+1/t11-/m1/s1. The first-order chi connectivity index (χ1) is 7.68. The van der Waals surface area contributed by atoms with E-state index >= 15 is 0 Å². The Hall–Kier alpha value is -0.710. The Morgan fingerprint density at radius 1 is 1.56 bits per heavy atom. The summed E-state index contributed by atoms with van der Waals surface area (Å²) in [5, 5.41) is 2.12. The van der Waals surface area contributed by atoms with E-state index in [-0.39, 0.29) is 11.9 Å². The fourth-order valence-corrected chi connectivity index (χ4v) is 2.04. The quantitative estimate of drug-likeness (QED) is 0.821. The summed E-state index contributed by atoms with van der Waals surface area (Å²) in [5.41, 5.74) is 1.81. The van der Waals surface area contributed by atoms with Crippen LogP contribution in [0, 0.1) is 6.92 Å². The molecule has 2 N–H and O–H groups in total. The Kier molecular flexibility index (Phi) is 3.74. The summed E-state index contributed by atoms with van der Waals surface area (Å²) in [4.78, 5) is 12.1. The van der Waals surface area contributed by atoms with Gasteiger partial charge in [0.15, 0.2) is 11.9 Å². The lowest BCUT2D eigenvalue weighted by Crippen LogP contribution is -2.90. The highest BCUT2D eigenvalue weighted by atomic mass is 79.9. The molecule has 2 rings (SSSR count). The second-order valence-corrected chi connectivity index (χ2v) is 4.86. The predicted octanol–water partition coefficient (Wildman–Crippen LogP) is 0.902. The van der Waals surface area contributed by atoms with Gasteiger partial charge < -0.3 is 10.1 Å². The van der Waals surface area contributed by atoms with E-state index in [0.717, 1.165) is 28.7 Å². The van der Waals surface area contributed by atoms with Gasteiger partial charge in [-0.15, -0.1) is 0 Å². The van der Waals surface area contributed by atoms with E-state index in [1.165, 1.54) is 0 Å². The molecule has 0 aliphatic carbocycles.